The van der Waals surface area contributed by atoms with Gasteiger partial charge in [-0.25, -0.2) is 13.2 Å². The SMILES string of the molecule is Cc1ccc(C(=O)OCC(=O)N2CCN(S(=O)(=O)c3ccccc3)CC2)o1. The predicted molar refractivity (Wildman–Crippen MR) is 95.5 cm³/mol. The Morgan fingerprint density at radius 2 is 1.70 bits per heavy atom. The van der Waals surface area contributed by atoms with Crippen LogP contribution in [0, 0.1) is 6.92 Å². The van der Waals surface area contributed by atoms with Crippen LogP contribution in [0.3, 0.4) is 0 Å². The Morgan fingerprint density at radius 3 is 2.30 bits per heavy atom. The van der Waals surface area contributed by atoms with Gasteiger partial charge < -0.3 is 14.1 Å². The number of esters is 1. The fourth-order valence-corrected chi connectivity index (χ4v) is 4.20. The Hall–Kier alpha value is -2.65. The lowest BCUT2D eigenvalue weighted by atomic mass is 10.3. The van der Waals surface area contributed by atoms with E-state index in [9.17, 15) is 18.0 Å². The number of amides is 1. The molecule has 0 atom stereocenters. The summed E-state index contributed by atoms with van der Waals surface area (Å²) in [5.41, 5.74) is 0. The van der Waals surface area contributed by atoms with Crippen molar-refractivity contribution in [1.82, 2.24) is 9.21 Å². The zero-order chi connectivity index (χ0) is 19.4. The molecule has 0 bridgehead atoms. The third-order valence-corrected chi connectivity index (χ3v) is 6.15. The van der Waals surface area contributed by atoms with Gasteiger partial charge in [-0.15, -0.1) is 0 Å². The highest BCUT2D eigenvalue weighted by Crippen LogP contribution is 2.17. The molecule has 3 rings (SSSR count). The third kappa shape index (κ3) is 4.37. The Balaban J connectivity index is 1.51. The monoisotopic (exact) mass is 392 g/mol. The molecule has 0 unspecified atom stereocenters. The lowest BCUT2D eigenvalue weighted by Gasteiger charge is -2.33. The van der Waals surface area contributed by atoms with Crippen LogP contribution in [0.1, 0.15) is 16.3 Å². The average Bonchev–Trinajstić information content (AvgIpc) is 3.13. The molecule has 1 amide bonds. The maximum Gasteiger partial charge on any atom is 0.374 e. The summed E-state index contributed by atoms with van der Waals surface area (Å²) in [5.74, 6) is -0.465. The summed E-state index contributed by atoms with van der Waals surface area (Å²) in [4.78, 5) is 25.7. The smallest absolute Gasteiger partial charge is 0.374 e. The molecular formula is C18H20N2O6S. The fourth-order valence-electron chi connectivity index (χ4n) is 2.75. The highest BCUT2D eigenvalue weighted by Gasteiger charge is 2.30. The van der Waals surface area contributed by atoms with Crippen LogP contribution in [0.25, 0.3) is 0 Å². The lowest BCUT2D eigenvalue weighted by molar-refractivity contribution is -0.135. The molecule has 2 heterocycles. The summed E-state index contributed by atoms with van der Waals surface area (Å²) < 4.78 is 36.6. The molecule has 1 fully saturated rings. The number of rotatable bonds is 5. The van der Waals surface area contributed by atoms with E-state index in [1.165, 1.54) is 15.3 Å². The van der Waals surface area contributed by atoms with Gasteiger partial charge in [0.1, 0.15) is 5.76 Å². The molecule has 1 aromatic heterocycles. The first-order chi connectivity index (χ1) is 12.9. The number of hydrogen-bond donors (Lipinski definition) is 0. The van der Waals surface area contributed by atoms with Gasteiger partial charge in [-0.2, -0.15) is 4.31 Å². The van der Waals surface area contributed by atoms with Crippen molar-refractivity contribution < 1.29 is 27.2 Å². The third-order valence-electron chi connectivity index (χ3n) is 4.24. The molecule has 1 aromatic carbocycles. The van der Waals surface area contributed by atoms with Gasteiger partial charge in [-0.1, -0.05) is 18.2 Å². The van der Waals surface area contributed by atoms with E-state index in [-0.39, 0.29) is 42.7 Å². The van der Waals surface area contributed by atoms with E-state index in [4.69, 9.17) is 9.15 Å². The molecule has 0 aliphatic carbocycles. The summed E-state index contributed by atoms with van der Waals surface area (Å²) >= 11 is 0. The normalized spacial score (nSPS) is 15.5. The van der Waals surface area contributed by atoms with Crippen molar-refractivity contribution in [3.63, 3.8) is 0 Å². The van der Waals surface area contributed by atoms with Crippen LogP contribution >= 0.6 is 0 Å². The number of nitrogens with zero attached hydrogens (tertiary/aromatic N) is 2. The first-order valence-corrected chi connectivity index (χ1v) is 9.88. The number of sulfonamides is 1. The summed E-state index contributed by atoms with van der Waals surface area (Å²) in [5, 5.41) is 0. The molecule has 1 aliphatic rings. The van der Waals surface area contributed by atoms with Crippen molar-refractivity contribution >= 4 is 21.9 Å². The van der Waals surface area contributed by atoms with Gasteiger partial charge in [0.2, 0.25) is 15.8 Å². The maximum absolute atomic E-state index is 12.6. The standard InChI is InChI=1S/C18H20N2O6S/c1-14-7-8-16(26-14)18(22)25-13-17(21)19-9-11-20(12-10-19)27(23,24)15-5-3-2-4-6-15/h2-8H,9-13H2,1H3. The van der Waals surface area contributed by atoms with E-state index in [1.807, 2.05) is 0 Å². The number of piperazine rings is 1. The maximum atomic E-state index is 12.6. The van der Waals surface area contributed by atoms with Crippen LogP contribution in [-0.4, -0.2) is 62.3 Å². The Morgan fingerprint density at radius 1 is 1.04 bits per heavy atom. The van der Waals surface area contributed by atoms with Gasteiger partial charge >= 0.3 is 5.97 Å². The van der Waals surface area contributed by atoms with Crippen LogP contribution in [0.2, 0.25) is 0 Å². The molecule has 0 radical (unpaired) electrons. The zero-order valence-corrected chi connectivity index (χ0v) is 15.6. The van der Waals surface area contributed by atoms with Crippen molar-refractivity contribution in [1.29, 1.82) is 0 Å². The number of furan rings is 1. The van der Waals surface area contributed by atoms with Gasteiger partial charge in [0.05, 0.1) is 4.90 Å². The van der Waals surface area contributed by atoms with Crippen molar-refractivity contribution in [3.8, 4) is 0 Å². The molecule has 1 aliphatic heterocycles. The molecular weight excluding hydrogens is 372 g/mol. The van der Waals surface area contributed by atoms with Crippen molar-refractivity contribution in [2.45, 2.75) is 11.8 Å². The summed E-state index contributed by atoms with van der Waals surface area (Å²) in [6.45, 7) is 2.14. The van der Waals surface area contributed by atoms with E-state index in [1.54, 1.807) is 43.3 Å². The van der Waals surface area contributed by atoms with Crippen LogP contribution in [0.15, 0.2) is 51.8 Å². The summed E-state index contributed by atoms with van der Waals surface area (Å²) in [6.07, 6.45) is 0. The van der Waals surface area contributed by atoms with Gasteiger partial charge in [0.25, 0.3) is 5.91 Å². The largest absolute Gasteiger partial charge is 0.454 e. The molecule has 8 nitrogen and oxygen atoms in total. The number of carbonyl (C=O) groups is 2. The quantitative estimate of drug-likeness (QED) is 0.711. The predicted octanol–water partition coefficient (Wildman–Crippen LogP) is 1.28. The molecule has 0 saturated carbocycles. The number of carbonyl (C=O) groups excluding carboxylic acids is 2. The van der Waals surface area contributed by atoms with Gasteiger partial charge in [-0.3, -0.25) is 4.79 Å². The minimum absolute atomic E-state index is 0.0408. The van der Waals surface area contributed by atoms with E-state index in [2.05, 4.69) is 0 Å². The molecule has 1 saturated heterocycles. The van der Waals surface area contributed by atoms with Crippen molar-refractivity contribution in [3.05, 3.63) is 54.0 Å². The molecule has 0 spiro atoms. The van der Waals surface area contributed by atoms with Crippen molar-refractivity contribution in [2.24, 2.45) is 0 Å². The first kappa shape index (κ1) is 19.1. The molecule has 144 valence electrons. The van der Waals surface area contributed by atoms with Crippen LogP contribution in [0.4, 0.5) is 0 Å². The summed E-state index contributed by atoms with van der Waals surface area (Å²) in [7, 11) is -3.57. The van der Waals surface area contributed by atoms with Crippen molar-refractivity contribution in [2.75, 3.05) is 32.8 Å². The minimum Gasteiger partial charge on any atom is -0.454 e. The van der Waals surface area contributed by atoms with Crippen LogP contribution in [-0.2, 0) is 19.6 Å². The van der Waals surface area contributed by atoms with Gasteiger partial charge in [0.15, 0.2) is 6.61 Å². The highest BCUT2D eigenvalue weighted by molar-refractivity contribution is 7.89. The second-order valence-electron chi connectivity index (χ2n) is 6.08. The number of hydrogen-bond acceptors (Lipinski definition) is 6. The number of aryl methyl sites for hydroxylation is 1. The lowest BCUT2D eigenvalue weighted by Crippen LogP contribution is -2.51. The van der Waals surface area contributed by atoms with Gasteiger partial charge in [-0.05, 0) is 31.2 Å². The number of ether oxygens (including phenoxy) is 1. The second-order valence-corrected chi connectivity index (χ2v) is 8.02. The van der Waals surface area contributed by atoms with Crippen LogP contribution < -0.4 is 0 Å². The molecule has 0 N–H and O–H groups in total. The van der Waals surface area contributed by atoms with E-state index in [0.717, 1.165) is 0 Å². The second kappa shape index (κ2) is 7.93. The van der Waals surface area contributed by atoms with Gasteiger partial charge in [0, 0.05) is 26.2 Å². The molecule has 27 heavy (non-hydrogen) atoms. The molecule has 2 aromatic rings. The highest BCUT2D eigenvalue weighted by atomic mass is 32.2. The average molecular weight is 392 g/mol. The number of benzene rings is 1. The summed E-state index contributed by atoms with van der Waals surface area (Å²) in [6, 6.07) is 11.3. The van der Waals surface area contributed by atoms with Crippen LogP contribution in [0.5, 0.6) is 0 Å². The van der Waals surface area contributed by atoms with E-state index < -0.39 is 22.6 Å². The first-order valence-electron chi connectivity index (χ1n) is 8.44. The van der Waals surface area contributed by atoms with E-state index in [0.29, 0.717) is 5.76 Å². The Labute approximate surface area is 157 Å². The Bertz CT molecular complexity index is 914. The zero-order valence-electron chi connectivity index (χ0n) is 14.8. The molecule has 9 heteroatoms. The fraction of sp³-hybridized carbons (Fsp3) is 0.333. The minimum atomic E-state index is -3.57. The van der Waals surface area contributed by atoms with E-state index >= 15 is 0 Å². The topological polar surface area (TPSA) is 97.1 Å². The Kier molecular flexibility index (Phi) is 5.62.